The van der Waals surface area contributed by atoms with E-state index in [1.54, 1.807) is 6.07 Å². The van der Waals surface area contributed by atoms with Gasteiger partial charge in [0.2, 0.25) is 10.0 Å². The highest BCUT2D eigenvalue weighted by Crippen LogP contribution is 2.42. The number of methoxy groups -OCH3 is 1. The lowest BCUT2D eigenvalue weighted by Gasteiger charge is -2.43. The Morgan fingerprint density at radius 3 is 2.32 bits per heavy atom. The van der Waals surface area contributed by atoms with E-state index >= 15 is 0 Å². The number of ether oxygens (including phenoxy) is 1. The van der Waals surface area contributed by atoms with Gasteiger partial charge in [-0.15, -0.1) is 0 Å². The minimum Gasteiger partial charge on any atom is -0.495 e. The van der Waals surface area contributed by atoms with Gasteiger partial charge in [-0.05, 0) is 68.0 Å². The summed E-state index contributed by atoms with van der Waals surface area (Å²) in [4.78, 5) is 13.1. The average molecular weight is 463 g/mol. The lowest BCUT2D eigenvalue weighted by atomic mass is 9.71. The van der Waals surface area contributed by atoms with Crippen molar-refractivity contribution in [3.63, 3.8) is 0 Å². The molecule has 0 aromatic heterocycles. The Balaban J connectivity index is 1.60. The molecule has 0 bridgehead atoms. The van der Waals surface area contributed by atoms with Gasteiger partial charge in [-0.25, -0.2) is 13.1 Å². The third-order valence-electron chi connectivity index (χ3n) is 6.35. The van der Waals surface area contributed by atoms with Crippen LogP contribution in [0.5, 0.6) is 5.75 Å². The molecule has 1 amide bonds. The fraction of sp³-hybridized carbons (Fsp3) is 0.435. The lowest BCUT2D eigenvalue weighted by Crippen LogP contribution is -2.50. The van der Waals surface area contributed by atoms with Crippen LogP contribution in [0.1, 0.15) is 60.9 Å². The maximum absolute atomic E-state index is 13.1. The molecular weight excluding hydrogens is 436 g/mol. The Kier molecular flexibility index (Phi) is 6.28. The summed E-state index contributed by atoms with van der Waals surface area (Å²) in [5, 5.41) is 3.78. The molecule has 0 spiro atoms. The molecule has 31 heavy (non-hydrogen) atoms. The van der Waals surface area contributed by atoms with Crippen LogP contribution < -0.4 is 14.8 Å². The van der Waals surface area contributed by atoms with Gasteiger partial charge in [-0.1, -0.05) is 36.6 Å². The summed E-state index contributed by atoms with van der Waals surface area (Å²) in [7, 11) is -2.38. The molecule has 0 radical (unpaired) electrons. The zero-order chi connectivity index (χ0) is 22.1. The summed E-state index contributed by atoms with van der Waals surface area (Å²) < 4.78 is 34.1. The Morgan fingerprint density at radius 1 is 1.06 bits per heavy atom. The van der Waals surface area contributed by atoms with Crippen molar-refractivity contribution in [2.45, 2.75) is 61.4 Å². The monoisotopic (exact) mass is 462 g/mol. The van der Waals surface area contributed by atoms with Gasteiger partial charge in [-0.3, -0.25) is 4.79 Å². The first-order valence-electron chi connectivity index (χ1n) is 10.6. The SMILES string of the molecule is COc1ccc(C(=O)NC2(c3ccc(Cl)cc3)CCC2)cc1S(=O)(=O)NC1CCCC1. The van der Waals surface area contributed by atoms with Gasteiger partial charge < -0.3 is 10.1 Å². The van der Waals surface area contributed by atoms with E-state index in [2.05, 4.69) is 10.0 Å². The molecule has 2 aliphatic rings. The van der Waals surface area contributed by atoms with Crippen LogP contribution in [-0.4, -0.2) is 27.5 Å². The van der Waals surface area contributed by atoms with Crippen LogP contribution in [0.4, 0.5) is 0 Å². The molecule has 2 aromatic rings. The summed E-state index contributed by atoms with van der Waals surface area (Å²) in [6, 6.07) is 11.9. The largest absolute Gasteiger partial charge is 0.495 e. The van der Waals surface area contributed by atoms with Crippen molar-refractivity contribution in [1.29, 1.82) is 0 Å². The van der Waals surface area contributed by atoms with Crippen molar-refractivity contribution in [3.8, 4) is 5.75 Å². The standard InChI is InChI=1S/C23H27ClN2O4S/c1-30-20-12-7-16(15-21(20)31(28,29)26-19-5-2-3-6-19)22(27)25-23(13-4-14-23)17-8-10-18(24)11-9-17/h7-12,15,19,26H,2-6,13-14H2,1H3,(H,25,27). The molecule has 0 unspecified atom stereocenters. The number of rotatable bonds is 7. The highest BCUT2D eigenvalue weighted by Gasteiger charge is 2.40. The number of hydrogen-bond donors (Lipinski definition) is 2. The maximum atomic E-state index is 13.1. The summed E-state index contributed by atoms with van der Waals surface area (Å²) in [6.45, 7) is 0. The molecule has 2 N–H and O–H groups in total. The van der Waals surface area contributed by atoms with Crippen molar-refractivity contribution in [2.75, 3.05) is 7.11 Å². The van der Waals surface area contributed by atoms with Crippen LogP contribution >= 0.6 is 11.6 Å². The molecule has 2 aromatic carbocycles. The van der Waals surface area contributed by atoms with E-state index in [-0.39, 0.29) is 28.2 Å². The minimum atomic E-state index is -3.80. The quantitative estimate of drug-likeness (QED) is 0.639. The number of benzene rings is 2. The number of amides is 1. The molecule has 166 valence electrons. The number of nitrogens with one attached hydrogen (secondary N) is 2. The van der Waals surface area contributed by atoms with E-state index in [0.29, 0.717) is 5.02 Å². The lowest BCUT2D eigenvalue weighted by molar-refractivity contribution is 0.0823. The van der Waals surface area contributed by atoms with Crippen molar-refractivity contribution in [1.82, 2.24) is 10.0 Å². The van der Waals surface area contributed by atoms with E-state index in [4.69, 9.17) is 16.3 Å². The zero-order valence-electron chi connectivity index (χ0n) is 17.5. The summed E-state index contributed by atoms with van der Waals surface area (Å²) in [6.07, 6.45) is 6.34. The van der Waals surface area contributed by atoms with Gasteiger partial charge in [0.25, 0.3) is 5.91 Å². The van der Waals surface area contributed by atoms with Crippen LogP contribution in [0, 0.1) is 0 Å². The fourth-order valence-corrected chi connectivity index (χ4v) is 6.05. The Labute approximate surface area is 188 Å². The molecule has 6 nitrogen and oxygen atoms in total. The van der Waals surface area contributed by atoms with Crippen LogP contribution in [-0.2, 0) is 15.6 Å². The first-order valence-corrected chi connectivity index (χ1v) is 12.5. The van der Waals surface area contributed by atoms with E-state index in [1.165, 1.54) is 19.2 Å². The van der Waals surface area contributed by atoms with E-state index in [1.807, 2.05) is 24.3 Å². The van der Waals surface area contributed by atoms with Crippen molar-refractivity contribution < 1.29 is 17.9 Å². The molecule has 4 rings (SSSR count). The van der Waals surface area contributed by atoms with Gasteiger partial charge in [0.1, 0.15) is 10.6 Å². The number of carbonyl (C=O) groups is 1. The third-order valence-corrected chi connectivity index (χ3v) is 8.14. The summed E-state index contributed by atoms with van der Waals surface area (Å²) >= 11 is 6.01. The zero-order valence-corrected chi connectivity index (χ0v) is 19.1. The topological polar surface area (TPSA) is 84.5 Å². The molecule has 0 atom stereocenters. The summed E-state index contributed by atoms with van der Waals surface area (Å²) in [5.41, 5.74) is 0.830. The highest BCUT2D eigenvalue weighted by molar-refractivity contribution is 7.89. The van der Waals surface area contributed by atoms with Gasteiger partial charge >= 0.3 is 0 Å². The highest BCUT2D eigenvalue weighted by atomic mass is 35.5. The van der Waals surface area contributed by atoms with Gasteiger partial charge in [0, 0.05) is 16.6 Å². The van der Waals surface area contributed by atoms with Crippen LogP contribution in [0.25, 0.3) is 0 Å². The third kappa shape index (κ3) is 4.59. The smallest absolute Gasteiger partial charge is 0.252 e. The number of sulfonamides is 1. The fourth-order valence-electron chi connectivity index (χ4n) is 4.43. The van der Waals surface area contributed by atoms with Crippen LogP contribution in [0.3, 0.4) is 0 Å². The van der Waals surface area contributed by atoms with Gasteiger partial charge in [0.05, 0.1) is 12.6 Å². The molecule has 2 fully saturated rings. The van der Waals surface area contributed by atoms with Crippen molar-refractivity contribution in [2.24, 2.45) is 0 Å². The second-order valence-electron chi connectivity index (χ2n) is 8.36. The predicted molar refractivity (Wildman–Crippen MR) is 120 cm³/mol. The first-order chi connectivity index (χ1) is 14.8. The average Bonchev–Trinajstić information content (AvgIpc) is 3.23. The predicted octanol–water partition coefficient (Wildman–Crippen LogP) is 4.38. The molecule has 2 aliphatic carbocycles. The molecule has 8 heteroatoms. The van der Waals surface area contributed by atoms with E-state index < -0.39 is 15.6 Å². The normalized spacial score (nSPS) is 18.4. The Hall–Kier alpha value is -2.09. The van der Waals surface area contributed by atoms with E-state index in [0.717, 1.165) is 50.5 Å². The number of carbonyl (C=O) groups excluding carboxylic acids is 1. The molecule has 2 saturated carbocycles. The minimum absolute atomic E-state index is 0.0105. The summed E-state index contributed by atoms with van der Waals surface area (Å²) in [5.74, 6) is -0.0901. The molecule has 0 aliphatic heterocycles. The number of hydrogen-bond acceptors (Lipinski definition) is 4. The Morgan fingerprint density at radius 2 is 1.74 bits per heavy atom. The maximum Gasteiger partial charge on any atom is 0.252 e. The first kappa shape index (κ1) is 22.1. The second kappa shape index (κ2) is 8.81. The molecular formula is C23H27ClN2O4S. The Bertz CT molecular complexity index is 1060. The van der Waals surface area contributed by atoms with Crippen LogP contribution in [0.2, 0.25) is 5.02 Å². The number of halogens is 1. The van der Waals surface area contributed by atoms with Gasteiger partial charge in [0.15, 0.2) is 0 Å². The molecule has 0 heterocycles. The van der Waals surface area contributed by atoms with Crippen molar-refractivity contribution >= 4 is 27.5 Å². The van der Waals surface area contributed by atoms with E-state index in [9.17, 15) is 13.2 Å². The van der Waals surface area contributed by atoms with Crippen LogP contribution in [0.15, 0.2) is 47.4 Å². The van der Waals surface area contributed by atoms with Gasteiger partial charge in [-0.2, -0.15) is 0 Å². The molecule has 0 saturated heterocycles. The second-order valence-corrected chi connectivity index (χ2v) is 10.5. The van der Waals surface area contributed by atoms with Crippen molar-refractivity contribution in [3.05, 3.63) is 58.6 Å².